The van der Waals surface area contributed by atoms with Crippen molar-refractivity contribution in [3.63, 3.8) is 0 Å². The zero-order chi connectivity index (χ0) is 18.2. The van der Waals surface area contributed by atoms with E-state index < -0.39 is 38.1 Å². The lowest BCUT2D eigenvalue weighted by atomic mass is 10.2. The molecule has 3 rings (SSSR count). The number of nitrogens with zero attached hydrogens (tertiary/aromatic N) is 1. The van der Waals surface area contributed by atoms with Gasteiger partial charge in [-0.15, -0.1) is 0 Å². The molecule has 0 saturated heterocycles. The largest absolute Gasteiger partial charge is 0.504 e. The first kappa shape index (κ1) is 16.9. The van der Waals surface area contributed by atoms with Crippen LogP contribution in [0, 0.1) is 17.5 Å². The van der Waals surface area contributed by atoms with Crippen LogP contribution in [0.2, 0.25) is 0 Å². The quantitative estimate of drug-likeness (QED) is 0.741. The summed E-state index contributed by atoms with van der Waals surface area (Å²) < 4.78 is 68.7. The van der Waals surface area contributed by atoms with Crippen molar-refractivity contribution in [2.45, 2.75) is 4.90 Å². The summed E-state index contributed by atoms with van der Waals surface area (Å²) in [4.78, 5) is -0.961. The lowest BCUT2D eigenvalue weighted by Crippen LogP contribution is -2.14. The zero-order valence-electron chi connectivity index (χ0n) is 12.4. The van der Waals surface area contributed by atoms with Crippen LogP contribution in [-0.2, 0) is 10.0 Å². The third kappa shape index (κ3) is 3.31. The van der Waals surface area contributed by atoms with Gasteiger partial charge in [-0.05, 0) is 36.4 Å². The molecule has 0 spiro atoms. The molecule has 2 N–H and O–H groups in total. The van der Waals surface area contributed by atoms with Gasteiger partial charge in [0.2, 0.25) is 0 Å². The predicted molar refractivity (Wildman–Crippen MR) is 84.6 cm³/mol. The molecule has 0 atom stereocenters. The maximum Gasteiger partial charge on any atom is 0.265 e. The monoisotopic (exact) mass is 368 g/mol. The molecule has 0 aliphatic heterocycles. The number of sulfonamides is 1. The minimum Gasteiger partial charge on any atom is -0.504 e. The Labute approximate surface area is 141 Å². The normalized spacial score (nSPS) is 11.5. The van der Waals surface area contributed by atoms with E-state index in [0.717, 1.165) is 12.1 Å². The van der Waals surface area contributed by atoms with Crippen molar-refractivity contribution < 1.29 is 26.7 Å². The maximum absolute atomic E-state index is 13.9. The summed E-state index contributed by atoms with van der Waals surface area (Å²) in [5.41, 5.74) is 0.0222. The molecule has 0 unspecified atom stereocenters. The van der Waals surface area contributed by atoms with Crippen molar-refractivity contribution in [2.75, 3.05) is 4.72 Å². The number of hydrogen-bond acceptors (Lipinski definition) is 3. The van der Waals surface area contributed by atoms with Gasteiger partial charge in [-0.25, -0.2) is 21.6 Å². The third-order valence-electron chi connectivity index (χ3n) is 3.36. The highest BCUT2D eigenvalue weighted by atomic mass is 32.2. The van der Waals surface area contributed by atoms with Crippen LogP contribution >= 0.6 is 0 Å². The van der Waals surface area contributed by atoms with Gasteiger partial charge in [-0.3, -0.25) is 4.72 Å². The molecule has 130 valence electrons. The molecule has 25 heavy (non-hydrogen) atoms. The first-order valence-corrected chi connectivity index (χ1v) is 8.40. The van der Waals surface area contributed by atoms with E-state index in [1.807, 2.05) is 0 Å². The molecule has 0 saturated carbocycles. The minimum absolute atomic E-state index is 0.0471. The molecule has 0 amide bonds. The van der Waals surface area contributed by atoms with Gasteiger partial charge < -0.3 is 9.67 Å². The van der Waals surface area contributed by atoms with E-state index in [-0.39, 0.29) is 11.4 Å². The number of phenolic OH excluding ortho intramolecular Hbond substituents is 1. The maximum atomic E-state index is 13.9. The van der Waals surface area contributed by atoms with E-state index in [2.05, 4.69) is 4.72 Å². The Morgan fingerprint density at radius 3 is 2.32 bits per heavy atom. The second kappa shape index (κ2) is 6.17. The van der Waals surface area contributed by atoms with Crippen LogP contribution < -0.4 is 4.72 Å². The van der Waals surface area contributed by atoms with Gasteiger partial charge in [-0.1, -0.05) is 0 Å². The SMILES string of the molecule is O=S(=O)(Nc1ccc(F)c(-n2cccc2)c1)c1cc(F)cc(F)c1O. The highest BCUT2D eigenvalue weighted by molar-refractivity contribution is 7.92. The van der Waals surface area contributed by atoms with Crippen LogP contribution in [0.25, 0.3) is 5.69 Å². The Kier molecular flexibility index (Phi) is 4.17. The van der Waals surface area contributed by atoms with Crippen LogP contribution in [0.15, 0.2) is 59.8 Å². The number of phenols is 1. The van der Waals surface area contributed by atoms with Crippen molar-refractivity contribution in [3.8, 4) is 11.4 Å². The van der Waals surface area contributed by atoms with E-state index in [9.17, 15) is 26.7 Å². The Hall–Kier alpha value is -2.94. The molecule has 0 bridgehead atoms. The van der Waals surface area contributed by atoms with Gasteiger partial charge in [0.1, 0.15) is 16.5 Å². The van der Waals surface area contributed by atoms with Gasteiger partial charge in [0.05, 0.1) is 11.4 Å². The van der Waals surface area contributed by atoms with Crippen molar-refractivity contribution in [2.24, 2.45) is 0 Å². The first-order chi connectivity index (χ1) is 11.8. The van der Waals surface area contributed by atoms with Crippen LogP contribution in [0.1, 0.15) is 0 Å². The van der Waals surface area contributed by atoms with Crippen molar-refractivity contribution in [1.82, 2.24) is 4.57 Å². The highest BCUT2D eigenvalue weighted by Gasteiger charge is 2.23. The topological polar surface area (TPSA) is 71.3 Å². The Morgan fingerprint density at radius 1 is 0.960 bits per heavy atom. The number of aromatic nitrogens is 1. The number of rotatable bonds is 4. The minimum atomic E-state index is -4.50. The van der Waals surface area contributed by atoms with E-state index in [1.54, 1.807) is 24.5 Å². The highest BCUT2D eigenvalue weighted by Crippen LogP contribution is 2.29. The predicted octanol–water partition coefficient (Wildman–Crippen LogP) is 3.40. The lowest BCUT2D eigenvalue weighted by Gasteiger charge is -2.12. The summed E-state index contributed by atoms with van der Waals surface area (Å²) in [6.45, 7) is 0. The van der Waals surface area contributed by atoms with Crippen LogP contribution in [0.3, 0.4) is 0 Å². The fourth-order valence-corrected chi connectivity index (χ4v) is 3.39. The molecule has 2 aromatic carbocycles. The molecule has 1 heterocycles. The average molecular weight is 368 g/mol. The average Bonchev–Trinajstić information content (AvgIpc) is 3.06. The number of aromatic hydroxyl groups is 1. The molecule has 9 heteroatoms. The summed E-state index contributed by atoms with van der Waals surface area (Å²) in [6, 6.07) is 7.55. The van der Waals surface area contributed by atoms with Crippen molar-refractivity contribution >= 4 is 15.7 Å². The molecule has 0 fully saturated rings. The van der Waals surface area contributed by atoms with E-state index >= 15 is 0 Å². The summed E-state index contributed by atoms with van der Waals surface area (Å²) in [7, 11) is -4.50. The fraction of sp³-hybridized carbons (Fsp3) is 0. The van der Waals surface area contributed by atoms with Gasteiger partial charge in [0, 0.05) is 18.5 Å². The van der Waals surface area contributed by atoms with Crippen LogP contribution in [0.4, 0.5) is 18.9 Å². The van der Waals surface area contributed by atoms with E-state index in [1.165, 1.54) is 10.6 Å². The van der Waals surface area contributed by atoms with Gasteiger partial charge in [0.15, 0.2) is 11.6 Å². The van der Waals surface area contributed by atoms with E-state index in [4.69, 9.17) is 0 Å². The molecular weight excluding hydrogens is 357 g/mol. The molecular formula is C16H11F3N2O3S. The second-order valence-corrected chi connectivity index (χ2v) is 6.75. The Bertz CT molecular complexity index is 1040. The Balaban J connectivity index is 2.01. The van der Waals surface area contributed by atoms with Crippen LogP contribution in [0.5, 0.6) is 5.75 Å². The van der Waals surface area contributed by atoms with Crippen molar-refractivity contribution in [3.05, 3.63) is 72.3 Å². The number of anilines is 1. The summed E-state index contributed by atoms with van der Waals surface area (Å²) in [5, 5.41) is 9.56. The number of halogens is 3. The Morgan fingerprint density at radius 2 is 1.64 bits per heavy atom. The second-order valence-electron chi connectivity index (χ2n) is 5.10. The zero-order valence-corrected chi connectivity index (χ0v) is 13.3. The van der Waals surface area contributed by atoms with Gasteiger partial charge in [-0.2, -0.15) is 0 Å². The molecule has 0 aliphatic rings. The fourth-order valence-electron chi connectivity index (χ4n) is 2.23. The lowest BCUT2D eigenvalue weighted by molar-refractivity contribution is 0.412. The standard InChI is InChI=1S/C16H11F3N2O3S/c17-10-7-13(19)16(22)15(8-10)25(23,24)20-11-3-4-12(18)14(9-11)21-5-1-2-6-21/h1-9,20,22H. The molecule has 1 aromatic heterocycles. The number of hydrogen-bond donors (Lipinski definition) is 2. The summed E-state index contributed by atoms with van der Waals surface area (Å²) in [5.74, 6) is -4.38. The molecule has 0 radical (unpaired) electrons. The smallest absolute Gasteiger partial charge is 0.265 e. The van der Waals surface area contributed by atoms with Gasteiger partial charge in [0.25, 0.3) is 10.0 Å². The molecule has 5 nitrogen and oxygen atoms in total. The number of nitrogens with one attached hydrogen (secondary N) is 1. The summed E-state index contributed by atoms with van der Waals surface area (Å²) in [6.07, 6.45) is 3.12. The summed E-state index contributed by atoms with van der Waals surface area (Å²) >= 11 is 0. The van der Waals surface area contributed by atoms with E-state index in [0.29, 0.717) is 12.1 Å². The van der Waals surface area contributed by atoms with Crippen LogP contribution in [-0.4, -0.2) is 18.1 Å². The molecule has 3 aromatic rings. The third-order valence-corrected chi connectivity index (χ3v) is 4.76. The van der Waals surface area contributed by atoms with Crippen molar-refractivity contribution in [1.29, 1.82) is 0 Å². The first-order valence-electron chi connectivity index (χ1n) is 6.91. The molecule has 0 aliphatic carbocycles. The van der Waals surface area contributed by atoms with Gasteiger partial charge >= 0.3 is 0 Å². The number of benzene rings is 2.